The number of hydrogen-bond donors (Lipinski definition) is 2. The van der Waals surface area contributed by atoms with E-state index < -0.39 is 5.91 Å². The molecule has 1 fully saturated rings. The molecule has 178 valence electrons. The van der Waals surface area contributed by atoms with Crippen molar-refractivity contribution in [3.05, 3.63) is 30.4 Å². The molecule has 0 aliphatic carbocycles. The second-order valence-corrected chi connectivity index (χ2v) is 7.87. The minimum atomic E-state index is -0.445. The van der Waals surface area contributed by atoms with Gasteiger partial charge in [0.15, 0.2) is 28.9 Å². The fourth-order valence-electron chi connectivity index (χ4n) is 3.65. The zero-order valence-corrected chi connectivity index (χ0v) is 19.6. The van der Waals surface area contributed by atoms with Gasteiger partial charge >= 0.3 is 6.03 Å². The van der Waals surface area contributed by atoms with E-state index in [2.05, 4.69) is 35.9 Å². The molecule has 0 spiro atoms. The van der Waals surface area contributed by atoms with Crippen LogP contribution in [0.25, 0.3) is 11.4 Å². The molecule has 13 nitrogen and oxygen atoms in total. The SMILES string of the molecule is CNC(=O)c1nnc(N2CCN(C(C)C)C2=O)cc1Nc1nccc(-c2ncn(C)n2)c1OC. The fourth-order valence-corrected chi connectivity index (χ4v) is 3.65. The summed E-state index contributed by atoms with van der Waals surface area (Å²) in [4.78, 5) is 37.3. The van der Waals surface area contributed by atoms with Gasteiger partial charge in [0.2, 0.25) is 0 Å². The first kappa shape index (κ1) is 22.9. The third kappa shape index (κ3) is 4.19. The molecule has 0 aromatic carbocycles. The van der Waals surface area contributed by atoms with Crippen LogP contribution < -0.4 is 20.3 Å². The van der Waals surface area contributed by atoms with Gasteiger partial charge in [-0.05, 0) is 19.9 Å². The first-order valence-corrected chi connectivity index (χ1v) is 10.7. The number of ether oxygens (including phenoxy) is 1. The van der Waals surface area contributed by atoms with Crippen molar-refractivity contribution in [1.82, 2.24) is 40.2 Å². The summed E-state index contributed by atoms with van der Waals surface area (Å²) in [6, 6.07) is 3.23. The van der Waals surface area contributed by atoms with Gasteiger partial charge in [-0.1, -0.05) is 0 Å². The number of nitrogens with one attached hydrogen (secondary N) is 2. The molecule has 1 saturated heterocycles. The molecule has 3 aromatic heterocycles. The van der Waals surface area contributed by atoms with Gasteiger partial charge in [0.1, 0.15) is 6.33 Å². The lowest BCUT2D eigenvalue weighted by atomic mass is 10.2. The quantitative estimate of drug-likeness (QED) is 0.528. The Bertz CT molecular complexity index is 1230. The zero-order chi connectivity index (χ0) is 24.4. The molecule has 0 bridgehead atoms. The molecule has 3 aromatic rings. The van der Waals surface area contributed by atoms with Gasteiger partial charge in [0.25, 0.3) is 5.91 Å². The van der Waals surface area contributed by atoms with Crippen LogP contribution in [0.5, 0.6) is 5.75 Å². The van der Waals surface area contributed by atoms with E-state index in [4.69, 9.17) is 4.74 Å². The number of hydrogen-bond acceptors (Lipinski definition) is 9. The molecule has 2 N–H and O–H groups in total. The number of nitrogens with zero attached hydrogens (tertiary/aromatic N) is 8. The van der Waals surface area contributed by atoms with Crippen molar-refractivity contribution >= 4 is 29.3 Å². The first-order chi connectivity index (χ1) is 16.3. The van der Waals surface area contributed by atoms with Crippen LogP contribution in [0.1, 0.15) is 24.3 Å². The van der Waals surface area contributed by atoms with Gasteiger partial charge < -0.3 is 20.3 Å². The number of rotatable bonds is 7. The largest absolute Gasteiger partial charge is 0.492 e. The van der Waals surface area contributed by atoms with Crippen molar-refractivity contribution in [1.29, 1.82) is 0 Å². The molecule has 4 rings (SSSR count). The molecule has 0 atom stereocenters. The normalized spacial score (nSPS) is 13.5. The third-order valence-electron chi connectivity index (χ3n) is 5.37. The number of pyridine rings is 1. The monoisotopic (exact) mass is 466 g/mol. The molecule has 1 aliphatic heterocycles. The Hall–Kier alpha value is -4.29. The highest BCUT2D eigenvalue weighted by Crippen LogP contribution is 2.35. The number of urea groups is 1. The molecule has 0 saturated carbocycles. The van der Waals surface area contributed by atoms with Crippen LogP contribution in [0.4, 0.5) is 22.1 Å². The molecule has 0 radical (unpaired) electrons. The van der Waals surface area contributed by atoms with Crippen LogP contribution in [-0.2, 0) is 7.05 Å². The zero-order valence-electron chi connectivity index (χ0n) is 19.6. The second kappa shape index (κ2) is 9.29. The molecular formula is C21H26N10O3. The second-order valence-electron chi connectivity index (χ2n) is 7.87. The van der Waals surface area contributed by atoms with Crippen LogP contribution in [-0.4, -0.2) is 80.1 Å². The van der Waals surface area contributed by atoms with Crippen molar-refractivity contribution in [3.8, 4) is 17.1 Å². The number of anilines is 3. The van der Waals surface area contributed by atoms with Gasteiger partial charge in [0, 0.05) is 45.5 Å². The molecule has 13 heteroatoms. The Balaban J connectivity index is 1.74. The predicted octanol–water partition coefficient (Wildman–Crippen LogP) is 1.43. The van der Waals surface area contributed by atoms with Gasteiger partial charge in [-0.3, -0.25) is 14.4 Å². The van der Waals surface area contributed by atoms with Crippen LogP contribution in [0.15, 0.2) is 24.7 Å². The first-order valence-electron chi connectivity index (χ1n) is 10.7. The van der Waals surface area contributed by atoms with Crippen LogP contribution in [0.2, 0.25) is 0 Å². The summed E-state index contributed by atoms with van der Waals surface area (Å²) in [5, 5.41) is 18.2. The average molecular weight is 467 g/mol. The highest BCUT2D eigenvalue weighted by atomic mass is 16.5. The van der Waals surface area contributed by atoms with Crippen LogP contribution in [0.3, 0.4) is 0 Å². The molecule has 4 heterocycles. The lowest BCUT2D eigenvalue weighted by Gasteiger charge is -2.21. The summed E-state index contributed by atoms with van der Waals surface area (Å²) in [5.74, 6) is 1.05. The average Bonchev–Trinajstić information content (AvgIpc) is 3.43. The van der Waals surface area contributed by atoms with E-state index in [1.54, 1.807) is 41.3 Å². The van der Waals surface area contributed by atoms with Crippen LogP contribution >= 0.6 is 0 Å². The Morgan fingerprint density at radius 1 is 1.21 bits per heavy atom. The van der Waals surface area contributed by atoms with Gasteiger partial charge in [-0.2, -0.15) is 5.10 Å². The number of carbonyl (C=O) groups excluding carboxylic acids is 2. The van der Waals surface area contributed by atoms with Crippen molar-refractivity contribution in [2.45, 2.75) is 19.9 Å². The molecule has 3 amide bonds. The summed E-state index contributed by atoms with van der Waals surface area (Å²) in [6.07, 6.45) is 3.16. The number of aryl methyl sites for hydroxylation is 1. The van der Waals surface area contributed by atoms with E-state index in [-0.39, 0.29) is 17.8 Å². The Labute approximate surface area is 196 Å². The van der Waals surface area contributed by atoms with Gasteiger partial charge in [0.05, 0.1) is 18.4 Å². The summed E-state index contributed by atoms with van der Waals surface area (Å²) in [6.45, 7) is 4.95. The number of carbonyl (C=O) groups is 2. The molecule has 0 unspecified atom stereocenters. The van der Waals surface area contributed by atoms with E-state index in [9.17, 15) is 9.59 Å². The van der Waals surface area contributed by atoms with Crippen molar-refractivity contribution in [2.24, 2.45) is 7.05 Å². The summed E-state index contributed by atoms with van der Waals surface area (Å²) < 4.78 is 7.19. The minimum absolute atomic E-state index is 0.0452. The van der Waals surface area contributed by atoms with E-state index in [1.165, 1.54) is 19.1 Å². The summed E-state index contributed by atoms with van der Waals surface area (Å²) in [7, 11) is 4.77. The van der Waals surface area contributed by atoms with Gasteiger partial charge in [-0.25, -0.2) is 14.8 Å². The summed E-state index contributed by atoms with van der Waals surface area (Å²) in [5.41, 5.74) is 0.979. The smallest absolute Gasteiger partial charge is 0.326 e. The lowest BCUT2D eigenvalue weighted by molar-refractivity contribution is 0.0958. The fraction of sp³-hybridized carbons (Fsp3) is 0.381. The highest BCUT2D eigenvalue weighted by molar-refractivity contribution is 6.00. The minimum Gasteiger partial charge on any atom is -0.492 e. The van der Waals surface area contributed by atoms with Crippen molar-refractivity contribution < 1.29 is 14.3 Å². The van der Waals surface area contributed by atoms with E-state index >= 15 is 0 Å². The number of methoxy groups -OCH3 is 1. The maximum atomic E-state index is 12.8. The maximum absolute atomic E-state index is 12.8. The van der Waals surface area contributed by atoms with E-state index in [0.717, 1.165) is 0 Å². The Morgan fingerprint density at radius 2 is 2.00 bits per heavy atom. The highest BCUT2D eigenvalue weighted by Gasteiger charge is 2.33. The third-order valence-corrected chi connectivity index (χ3v) is 5.37. The standard InChI is InChI=1S/C21H26N10O3/c1-12(2)30-8-9-31(21(30)33)15-10-14(16(27-26-15)20(32)22-3)25-19-17(34-5)13(6-7-23-19)18-24-11-29(4)28-18/h6-7,10-12H,8-9H2,1-5H3,(H,22,32)(H,23,25,26). The Morgan fingerprint density at radius 3 is 2.62 bits per heavy atom. The lowest BCUT2D eigenvalue weighted by Crippen LogP contribution is -2.36. The number of aromatic nitrogens is 6. The Kier molecular flexibility index (Phi) is 6.25. The van der Waals surface area contributed by atoms with Crippen molar-refractivity contribution in [2.75, 3.05) is 37.5 Å². The number of amides is 3. The molecule has 1 aliphatic rings. The van der Waals surface area contributed by atoms with Crippen molar-refractivity contribution in [3.63, 3.8) is 0 Å². The van der Waals surface area contributed by atoms with E-state index in [1.807, 2.05) is 13.8 Å². The maximum Gasteiger partial charge on any atom is 0.326 e. The van der Waals surface area contributed by atoms with Crippen LogP contribution in [0, 0.1) is 0 Å². The van der Waals surface area contributed by atoms with E-state index in [0.29, 0.717) is 47.5 Å². The molecule has 34 heavy (non-hydrogen) atoms. The van der Waals surface area contributed by atoms with Gasteiger partial charge in [-0.15, -0.1) is 10.2 Å². The summed E-state index contributed by atoms with van der Waals surface area (Å²) >= 11 is 0. The predicted molar refractivity (Wildman–Crippen MR) is 124 cm³/mol. The molecular weight excluding hydrogens is 440 g/mol. The topological polar surface area (TPSA) is 143 Å².